The molecule has 21 heavy (non-hydrogen) atoms. The van der Waals surface area contributed by atoms with Gasteiger partial charge in [0.05, 0.1) is 6.04 Å². The number of hydrogen-bond donors (Lipinski definition) is 3. The van der Waals surface area contributed by atoms with Gasteiger partial charge in [-0.25, -0.2) is 0 Å². The Morgan fingerprint density at radius 2 is 2.10 bits per heavy atom. The average molecular weight is 298 g/mol. The second-order valence-electron chi connectivity index (χ2n) is 6.64. The normalized spacial score (nSPS) is 23.8. The summed E-state index contributed by atoms with van der Waals surface area (Å²) in [5.41, 5.74) is 0. The van der Waals surface area contributed by atoms with Gasteiger partial charge >= 0.3 is 5.97 Å². The van der Waals surface area contributed by atoms with E-state index in [-0.39, 0.29) is 24.3 Å². The molecule has 1 amide bonds. The summed E-state index contributed by atoms with van der Waals surface area (Å²) in [6.45, 7) is 7.66. The van der Waals surface area contributed by atoms with Crippen LogP contribution in [0.2, 0.25) is 0 Å². The van der Waals surface area contributed by atoms with Crippen molar-refractivity contribution in [2.24, 2.45) is 17.8 Å². The molecular formula is C16H30N2O3. The summed E-state index contributed by atoms with van der Waals surface area (Å²) in [7, 11) is 0. The Hall–Kier alpha value is -1.10. The van der Waals surface area contributed by atoms with Crippen LogP contribution in [0.3, 0.4) is 0 Å². The van der Waals surface area contributed by atoms with Crippen molar-refractivity contribution in [2.45, 2.75) is 58.9 Å². The maximum atomic E-state index is 12.2. The fourth-order valence-corrected chi connectivity index (χ4v) is 3.09. The van der Waals surface area contributed by atoms with Crippen LogP contribution in [0.5, 0.6) is 0 Å². The molecule has 3 atom stereocenters. The molecule has 0 saturated carbocycles. The molecule has 0 aromatic carbocycles. The topological polar surface area (TPSA) is 78.4 Å². The monoisotopic (exact) mass is 298 g/mol. The molecule has 0 aromatic rings. The van der Waals surface area contributed by atoms with Crippen molar-refractivity contribution in [3.63, 3.8) is 0 Å². The van der Waals surface area contributed by atoms with Gasteiger partial charge < -0.3 is 15.7 Å². The number of carbonyl (C=O) groups excluding carboxylic acids is 1. The Morgan fingerprint density at radius 1 is 1.38 bits per heavy atom. The van der Waals surface area contributed by atoms with Gasteiger partial charge in [-0.1, -0.05) is 27.2 Å². The van der Waals surface area contributed by atoms with Gasteiger partial charge in [-0.05, 0) is 43.6 Å². The number of carbonyl (C=O) groups is 2. The molecule has 0 aliphatic carbocycles. The van der Waals surface area contributed by atoms with Crippen LogP contribution in [0, 0.1) is 17.8 Å². The van der Waals surface area contributed by atoms with Crippen molar-refractivity contribution in [1.82, 2.24) is 10.6 Å². The van der Waals surface area contributed by atoms with E-state index in [0.717, 1.165) is 32.2 Å². The quantitative estimate of drug-likeness (QED) is 0.640. The van der Waals surface area contributed by atoms with Crippen LogP contribution >= 0.6 is 0 Å². The lowest BCUT2D eigenvalue weighted by Crippen LogP contribution is -2.49. The Morgan fingerprint density at radius 3 is 2.67 bits per heavy atom. The Bertz CT molecular complexity index is 344. The molecule has 2 unspecified atom stereocenters. The third-order valence-electron chi connectivity index (χ3n) is 4.24. The van der Waals surface area contributed by atoms with Gasteiger partial charge in [-0.2, -0.15) is 0 Å². The number of carboxylic acid groups (broad SMARTS) is 1. The van der Waals surface area contributed by atoms with E-state index < -0.39 is 5.97 Å². The first-order chi connectivity index (χ1) is 9.92. The minimum atomic E-state index is -0.795. The van der Waals surface area contributed by atoms with E-state index in [1.807, 2.05) is 0 Å². The van der Waals surface area contributed by atoms with Crippen LogP contribution in [0.4, 0.5) is 0 Å². The van der Waals surface area contributed by atoms with E-state index in [2.05, 4.69) is 31.4 Å². The Labute approximate surface area is 127 Å². The summed E-state index contributed by atoms with van der Waals surface area (Å²) in [5, 5.41) is 15.2. The number of carboxylic acids is 1. The van der Waals surface area contributed by atoms with Crippen LogP contribution in [0.25, 0.3) is 0 Å². The molecular weight excluding hydrogens is 268 g/mol. The Kier molecular flexibility index (Phi) is 7.72. The van der Waals surface area contributed by atoms with Crippen molar-refractivity contribution in [3.05, 3.63) is 0 Å². The van der Waals surface area contributed by atoms with Crippen molar-refractivity contribution >= 4 is 11.9 Å². The average Bonchev–Trinajstić information content (AvgIpc) is 2.43. The zero-order valence-electron chi connectivity index (χ0n) is 13.5. The van der Waals surface area contributed by atoms with E-state index in [1.54, 1.807) is 0 Å². The highest BCUT2D eigenvalue weighted by atomic mass is 16.4. The van der Waals surface area contributed by atoms with E-state index in [9.17, 15) is 9.59 Å². The first-order valence-corrected chi connectivity index (χ1v) is 8.15. The number of hydrogen-bond acceptors (Lipinski definition) is 3. The number of rotatable bonds is 8. The SMILES string of the molecule is CCC1CCNC(C(=O)NC[C@H](CC(=O)O)CC(C)C)C1. The third kappa shape index (κ3) is 6.93. The van der Waals surface area contributed by atoms with Gasteiger partial charge in [0, 0.05) is 13.0 Å². The number of piperidine rings is 1. The zero-order valence-corrected chi connectivity index (χ0v) is 13.5. The second-order valence-corrected chi connectivity index (χ2v) is 6.64. The lowest BCUT2D eigenvalue weighted by atomic mass is 9.89. The number of amides is 1. The molecule has 122 valence electrons. The maximum absolute atomic E-state index is 12.2. The molecule has 1 aliphatic heterocycles. The van der Waals surface area contributed by atoms with E-state index in [4.69, 9.17) is 5.11 Å². The highest BCUT2D eigenvalue weighted by Gasteiger charge is 2.26. The standard InChI is InChI=1S/C16H30N2O3/c1-4-12-5-6-17-14(8-12)16(21)18-10-13(7-11(2)3)9-15(19)20/h11-14,17H,4-10H2,1-3H3,(H,18,21)(H,19,20)/t12?,13-,14?/m0/s1. The number of nitrogens with one attached hydrogen (secondary N) is 2. The van der Waals surface area contributed by atoms with Gasteiger partial charge in [-0.15, -0.1) is 0 Å². The van der Waals surface area contributed by atoms with Crippen LogP contribution in [0.15, 0.2) is 0 Å². The summed E-state index contributed by atoms with van der Waals surface area (Å²) in [6.07, 6.45) is 4.07. The lowest BCUT2D eigenvalue weighted by molar-refractivity contribution is -0.138. The van der Waals surface area contributed by atoms with Crippen molar-refractivity contribution in [2.75, 3.05) is 13.1 Å². The molecule has 1 heterocycles. The second kappa shape index (κ2) is 9.03. The zero-order chi connectivity index (χ0) is 15.8. The van der Waals surface area contributed by atoms with Crippen LogP contribution in [-0.4, -0.2) is 36.1 Å². The minimum absolute atomic E-state index is 0.0111. The summed E-state index contributed by atoms with van der Waals surface area (Å²) < 4.78 is 0. The highest BCUT2D eigenvalue weighted by molar-refractivity contribution is 5.81. The molecule has 1 fully saturated rings. The van der Waals surface area contributed by atoms with E-state index in [1.165, 1.54) is 0 Å². The van der Waals surface area contributed by atoms with Crippen LogP contribution < -0.4 is 10.6 Å². The fourth-order valence-electron chi connectivity index (χ4n) is 3.09. The van der Waals surface area contributed by atoms with Gasteiger partial charge in [0.1, 0.15) is 0 Å². The molecule has 5 nitrogen and oxygen atoms in total. The molecule has 0 spiro atoms. The predicted molar refractivity (Wildman–Crippen MR) is 83.0 cm³/mol. The van der Waals surface area contributed by atoms with Crippen molar-refractivity contribution in [1.29, 1.82) is 0 Å². The molecule has 5 heteroatoms. The largest absolute Gasteiger partial charge is 0.481 e. The van der Waals surface area contributed by atoms with Crippen LogP contribution in [0.1, 0.15) is 52.9 Å². The molecule has 0 bridgehead atoms. The minimum Gasteiger partial charge on any atom is -0.481 e. The third-order valence-corrected chi connectivity index (χ3v) is 4.24. The summed E-state index contributed by atoms with van der Waals surface area (Å²) >= 11 is 0. The van der Waals surface area contributed by atoms with Crippen molar-refractivity contribution < 1.29 is 14.7 Å². The summed E-state index contributed by atoms with van der Waals surface area (Å²) in [5.74, 6) is 0.289. The molecule has 3 N–H and O–H groups in total. The smallest absolute Gasteiger partial charge is 0.303 e. The van der Waals surface area contributed by atoms with Gasteiger partial charge in [0.25, 0.3) is 0 Å². The molecule has 0 radical (unpaired) electrons. The van der Waals surface area contributed by atoms with E-state index in [0.29, 0.717) is 18.4 Å². The Balaban J connectivity index is 2.42. The van der Waals surface area contributed by atoms with Gasteiger partial charge in [0.2, 0.25) is 5.91 Å². The number of aliphatic carboxylic acids is 1. The first-order valence-electron chi connectivity index (χ1n) is 8.15. The summed E-state index contributed by atoms with van der Waals surface area (Å²) in [4.78, 5) is 23.1. The highest BCUT2D eigenvalue weighted by Crippen LogP contribution is 2.20. The van der Waals surface area contributed by atoms with Gasteiger partial charge in [0.15, 0.2) is 0 Å². The van der Waals surface area contributed by atoms with E-state index >= 15 is 0 Å². The predicted octanol–water partition coefficient (Wildman–Crippen LogP) is 2.02. The lowest BCUT2D eigenvalue weighted by Gasteiger charge is -2.29. The van der Waals surface area contributed by atoms with Gasteiger partial charge in [-0.3, -0.25) is 9.59 Å². The van der Waals surface area contributed by atoms with Crippen molar-refractivity contribution in [3.8, 4) is 0 Å². The van der Waals surface area contributed by atoms with Crippen LogP contribution in [-0.2, 0) is 9.59 Å². The molecule has 1 saturated heterocycles. The molecule has 0 aromatic heterocycles. The maximum Gasteiger partial charge on any atom is 0.303 e. The summed E-state index contributed by atoms with van der Waals surface area (Å²) in [6, 6.07) is -0.117. The molecule has 1 rings (SSSR count). The first kappa shape index (κ1) is 18.0. The fraction of sp³-hybridized carbons (Fsp3) is 0.875. The molecule has 1 aliphatic rings.